The second kappa shape index (κ2) is 6.83. The molecule has 1 aliphatic heterocycles. The Kier molecular flexibility index (Phi) is 4.76. The molecule has 9 heteroatoms. The van der Waals surface area contributed by atoms with Crippen molar-refractivity contribution >= 4 is 28.8 Å². The van der Waals surface area contributed by atoms with Crippen LogP contribution < -0.4 is 4.90 Å². The van der Waals surface area contributed by atoms with E-state index >= 15 is 0 Å². The Morgan fingerprint density at radius 1 is 1.00 bits per heavy atom. The lowest BCUT2D eigenvalue weighted by Gasteiger charge is -2.35. The van der Waals surface area contributed by atoms with Gasteiger partial charge in [0.05, 0.1) is 9.75 Å². The Morgan fingerprint density at radius 3 is 2.28 bits per heavy atom. The Hall–Kier alpha value is -2.42. The van der Waals surface area contributed by atoms with Crippen LogP contribution in [0.4, 0.5) is 19.0 Å². The average molecular weight is 369 g/mol. The summed E-state index contributed by atoms with van der Waals surface area (Å²) in [4.78, 5) is 31.2. The standard InChI is InChI=1S/C16H14F3N3O2S/c17-16(18,19)14(23)11-4-5-12(25-11)15(24)22-9-7-21(8-10-22)13-3-1-2-6-20-13/h1-6H,7-10H2. The number of halogens is 3. The van der Waals surface area contributed by atoms with Gasteiger partial charge < -0.3 is 9.80 Å². The lowest BCUT2D eigenvalue weighted by molar-refractivity contribution is -0.0882. The molecule has 0 N–H and O–H groups in total. The number of amides is 1. The highest BCUT2D eigenvalue weighted by atomic mass is 32.1. The van der Waals surface area contributed by atoms with Crippen LogP contribution >= 0.6 is 11.3 Å². The van der Waals surface area contributed by atoms with Gasteiger partial charge in [-0.05, 0) is 24.3 Å². The van der Waals surface area contributed by atoms with Crippen LogP contribution in [0, 0.1) is 0 Å². The molecule has 1 fully saturated rings. The van der Waals surface area contributed by atoms with Gasteiger partial charge in [0.2, 0.25) is 0 Å². The van der Waals surface area contributed by atoms with Gasteiger partial charge in [-0.2, -0.15) is 13.2 Å². The molecule has 0 saturated carbocycles. The Morgan fingerprint density at radius 2 is 1.68 bits per heavy atom. The van der Waals surface area contributed by atoms with Gasteiger partial charge in [-0.15, -0.1) is 11.3 Å². The van der Waals surface area contributed by atoms with Crippen LogP contribution in [0.5, 0.6) is 0 Å². The number of anilines is 1. The summed E-state index contributed by atoms with van der Waals surface area (Å²) in [6.07, 6.45) is -3.24. The monoisotopic (exact) mass is 369 g/mol. The van der Waals surface area contributed by atoms with Crippen molar-refractivity contribution in [1.29, 1.82) is 0 Å². The number of hydrogen-bond acceptors (Lipinski definition) is 5. The molecule has 3 heterocycles. The highest BCUT2D eigenvalue weighted by Crippen LogP contribution is 2.27. The molecule has 0 aromatic carbocycles. The maximum Gasteiger partial charge on any atom is 0.455 e. The summed E-state index contributed by atoms with van der Waals surface area (Å²) < 4.78 is 37.4. The number of thiophene rings is 1. The number of rotatable bonds is 3. The number of carbonyl (C=O) groups excluding carboxylic acids is 2. The molecule has 132 valence electrons. The third-order valence-corrected chi connectivity index (χ3v) is 4.91. The maximum atomic E-state index is 12.5. The molecule has 3 rings (SSSR count). The number of alkyl halides is 3. The van der Waals surface area contributed by atoms with Crippen molar-refractivity contribution in [1.82, 2.24) is 9.88 Å². The predicted molar refractivity (Wildman–Crippen MR) is 87.1 cm³/mol. The molecular formula is C16H14F3N3O2S. The van der Waals surface area contributed by atoms with E-state index in [1.807, 2.05) is 23.1 Å². The van der Waals surface area contributed by atoms with Crippen LogP contribution in [0.15, 0.2) is 36.5 Å². The molecular weight excluding hydrogens is 355 g/mol. The van der Waals surface area contributed by atoms with E-state index in [0.717, 1.165) is 11.9 Å². The summed E-state index contributed by atoms with van der Waals surface area (Å²) in [7, 11) is 0. The number of ketones is 1. The van der Waals surface area contributed by atoms with Crippen LogP contribution in [0.3, 0.4) is 0 Å². The molecule has 0 bridgehead atoms. The summed E-state index contributed by atoms with van der Waals surface area (Å²) in [6, 6.07) is 7.91. The van der Waals surface area contributed by atoms with Crippen molar-refractivity contribution in [3.63, 3.8) is 0 Å². The third kappa shape index (κ3) is 3.81. The number of aromatic nitrogens is 1. The zero-order valence-electron chi connectivity index (χ0n) is 13.0. The highest BCUT2D eigenvalue weighted by Gasteiger charge is 2.40. The summed E-state index contributed by atoms with van der Waals surface area (Å²) >= 11 is 0.580. The van der Waals surface area contributed by atoms with Gasteiger partial charge in [0, 0.05) is 32.4 Å². The van der Waals surface area contributed by atoms with E-state index in [9.17, 15) is 22.8 Å². The summed E-state index contributed by atoms with van der Waals surface area (Å²) in [5, 5.41) is 0. The smallest absolute Gasteiger partial charge is 0.353 e. The summed E-state index contributed by atoms with van der Waals surface area (Å²) in [5.74, 6) is -1.45. The molecule has 0 radical (unpaired) electrons. The minimum atomic E-state index is -4.93. The molecule has 0 spiro atoms. The van der Waals surface area contributed by atoms with Crippen molar-refractivity contribution in [2.24, 2.45) is 0 Å². The van der Waals surface area contributed by atoms with E-state index < -0.39 is 16.8 Å². The second-order valence-electron chi connectivity index (χ2n) is 5.46. The fraction of sp³-hybridized carbons (Fsp3) is 0.312. The van der Waals surface area contributed by atoms with Crippen LogP contribution in [-0.2, 0) is 0 Å². The third-order valence-electron chi connectivity index (χ3n) is 3.84. The first-order chi connectivity index (χ1) is 11.9. The van der Waals surface area contributed by atoms with Crippen molar-refractivity contribution in [3.8, 4) is 0 Å². The topological polar surface area (TPSA) is 53.5 Å². The number of hydrogen-bond donors (Lipinski definition) is 0. The van der Waals surface area contributed by atoms with E-state index in [0.29, 0.717) is 37.5 Å². The van der Waals surface area contributed by atoms with Crippen molar-refractivity contribution in [2.75, 3.05) is 31.1 Å². The number of carbonyl (C=O) groups is 2. The second-order valence-corrected chi connectivity index (χ2v) is 6.54. The summed E-state index contributed by atoms with van der Waals surface area (Å²) in [5.41, 5.74) is 0. The molecule has 25 heavy (non-hydrogen) atoms. The molecule has 0 aliphatic carbocycles. The van der Waals surface area contributed by atoms with E-state index in [-0.39, 0.29) is 10.8 Å². The maximum absolute atomic E-state index is 12.5. The number of piperazine rings is 1. The van der Waals surface area contributed by atoms with Crippen molar-refractivity contribution in [3.05, 3.63) is 46.3 Å². The van der Waals surface area contributed by atoms with Crippen LogP contribution in [-0.4, -0.2) is 53.9 Å². The van der Waals surface area contributed by atoms with Crippen LogP contribution in [0.2, 0.25) is 0 Å². The SMILES string of the molecule is O=C(c1ccc(C(=O)C(F)(F)F)s1)N1CCN(c2ccccn2)CC1. The normalized spacial score (nSPS) is 15.3. The Labute approximate surface area is 145 Å². The first kappa shape index (κ1) is 17.4. The molecule has 2 aromatic rings. The quantitative estimate of drug-likeness (QED) is 0.781. The minimum Gasteiger partial charge on any atom is -0.353 e. The Bertz CT molecular complexity index is 768. The minimum absolute atomic E-state index is 0.138. The van der Waals surface area contributed by atoms with E-state index in [2.05, 4.69) is 4.98 Å². The molecule has 1 saturated heterocycles. The largest absolute Gasteiger partial charge is 0.455 e. The lowest BCUT2D eigenvalue weighted by Crippen LogP contribution is -2.48. The van der Waals surface area contributed by atoms with Crippen molar-refractivity contribution in [2.45, 2.75) is 6.18 Å². The molecule has 2 aromatic heterocycles. The molecule has 0 atom stereocenters. The zero-order chi connectivity index (χ0) is 18.0. The fourth-order valence-corrected chi connectivity index (χ4v) is 3.48. The number of pyridine rings is 1. The summed E-state index contributed by atoms with van der Waals surface area (Å²) in [6.45, 7) is 2.05. The van der Waals surface area contributed by atoms with Gasteiger partial charge in [0.25, 0.3) is 11.7 Å². The molecule has 1 amide bonds. The van der Waals surface area contributed by atoms with Gasteiger partial charge in [-0.1, -0.05) is 6.07 Å². The van der Waals surface area contributed by atoms with E-state index in [4.69, 9.17) is 0 Å². The number of Topliss-reactive ketones (excluding diaryl/α,β-unsaturated/α-hetero) is 1. The van der Waals surface area contributed by atoms with Crippen molar-refractivity contribution < 1.29 is 22.8 Å². The first-order valence-electron chi connectivity index (χ1n) is 7.53. The highest BCUT2D eigenvalue weighted by molar-refractivity contribution is 7.16. The lowest BCUT2D eigenvalue weighted by atomic mass is 10.2. The number of nitrogens with zero attached hydrogens (tertiary/aromatic N) is 3. The van der Waals surface area contributed by atoms with Gasteiger partial charge in [-0.25, -0.2) is 4.98 Å². The van der Waals surface area contributed by atoms with Crippen LogP contribution in [0.25, 0.3) is 0 Å². The molecule has 0 unspecified atom stereocenters. The van der Waals surface area contributed by atoms with E-state index in [1.165, 1.54) is 6.07 Å². The Balaban J connectivity index is 1.63. The average Bonchev–Trinajstić information content (AvgIpc) is 3.10. The molecule has 1 aliphatic rings. The van der Waals surface area contributed by atoms with Gasteiger partial charge in [0.1, 0.15) is 5.82 Å². The zero-order valence-corrected chi connectivity index (χ0v) is 13.8. The first-order valence-corrected chi connectivity index (χ1v) is 8.34. The van der Waals surface area contributed by atoms with Gasteiger partial charge in [-0.3, -0.25) is 9.59 Å². The van der Waals surface area contributed by atoms with E-state index in [1.54, 1.807) is 11.1 Å². The fourth-order valence-electron chi connectivity index (χ4n) is 2.55. The molecule has 5 nitrogen and oxygen atoms in total. The predicted octanol–water partition coefficient (Wildman–Crippen LogP) is 2.85. The van der Waals surface area contributed by atoms with Gasteiger partial charge in [0.15, 0.2) is 0 Å². The van der Waals surface area contributed by atoms with Crippen LogP contribution in [0.1, 0.15) is 19.3 Å². The van der Waals surface area contributed by atoms with Gasteiger partial charge >= 0.3 is 6.18 Å².